The minimum Gasteiger partial charge on any atom is -0.508 e. The van der Waals surface area contributed by atoms with Crippen LogP contribution in [0.15, 0.2) is 24.3 Å². The van der Waals surface area contributed by atoms with Gasteiger partial charge >= 0.3 is 5.97 Å². The summed E-state index contributed by atoms with van der Waals surface area (Å²) in [5, 5.41) is 12.7. The van der Waals surface area contributed by atoms with E-state index < -0.39 is 29.4 Å². The molecular weight excluding hydrogens is 324 g/mol. The van der Waals surface area contributed by atoms with Gasteiger partial charge in [-0.25, -0.2) is 0 Å². The Labute approximate surface area is 146 Å². The van der Waals surface area contributed by atoms with Crippen molar-refractivity contribution in [1.82, 2.24) is 10.2 Å². The second kappa shape index (κ2) is 6.15. The van der Waals surface area contributed by atoms with Gasteiger partial charge in [-0.05, 0) is 31.0 Å². The van der Waals surface area contributed by atoms with Gasteiger partial charge in [0.25, 0.3) is 0 Å². The van der Waals surface area contributed by atoms with E-state index in [1.807, 2.05) is 0 Å². The van der Waals surface area contributed by atoms with Gasteiger partial charge in [-0.15, -0.1) is 0 Å². The fourth-order valence-electron chi connectivity index (χ4n) is 4.03. The summed E-state index contributed by atoms with van der Waals surface area (Å²) in [5.74, 6) is -2.54. The molecule has 2 aliphatic heterocycles. The molecule has 134 valence electrons. The Morgan fingerprint density at radius 3 is 2.44 bits per heavy atom. The number of phenolic OH excluding ortho intramolecular Hbond substituents is 1. The van der Waals surface area contributed by atoms with Crippen LogP contribution in [0.1, 0.15) is 31.9 Å². The highest BCUT2D eigenvalue weighted by molar-refractivity contribution is 6.09. The Morgan fingerprint density at radius 2 is 1.88 bits per heavy atom. The molecule has 4 atom stereocenters. The van der Waals surface area contributed by atoms with E-state index >= 15 is 0 Å². The SMILES string of the molecule is CCOC(=O)[C@]1(CC)N[C@@H](c2ccc(O)cc2)[C@H]2C(=O)N(C)C(=O)[C@@H]21. The molecule has 7 nitrogen and oxygen atoms in total. The van der Waals surface area contributed by atoms with E-state index in [2.05, 4.69) is 5.32 Å². The molecule has 0 saturated carbocycles. The predicted molar refractivity (Wildman–Crippen MR) is 88.4 cm³/mol. The van der Waals surface area contributed by atoms with Crippen LogP contribution in [0.25, 0.3) is 0 Å². The Morgan fingerprint density at radius 1 is 1.24 bits per heavy atom. The van der Waals surface area contributed by atoms with Crippen LogP contribution < -0.4 is 5.32 Å². The van der Waals surface area contributed by atoms with Crippen LogP contribution in [0.3, 0.4) is 0 Å². The number of rotatable bonds is 4. The van der Waals surface area contributed by atoms with Crippen LogP contribution >= 0.6 is 0 Å². The maximum Gasteiger partial charge on any atom is 0.327 e. The van der Waals surface area contributed by atoms with Crippen molar-refractivity contribution < 1.29 is 24.2 Å². The number of esters is 1. The molecule has 7 heteroatoms. The summed E-state index contributed by atoms with van der Waals surface area (Å²) >= 11 is 0. The molecule has 0 spiro atoms. The summed E-state index contributed by atoms with van der Waals surface area (Å²) in [7, 11) is 1.45. The Bertz CT molecular complexity index is 717. The van der Waals surface area contributed by atoms with Gasteiger partial charge in [0.15, 0.2) is 0 Å². The zero-order chi connectivity index (χ0) is 18.4. The number of phenols is 1. The molecule has 2 amide bonds. The first-order chi connectivity index (χ1) is 11.9. The van der Waals surface area contributed by atoms with Crippen molar-refractivity contribution >= 4 is 17.8 Å². The van der Waals surface area contributed by atoms with E-state index in [0.717, 1.165) is 10.5 Å². The number of ether oxygens (including phenoxy) is 1. The van der Waals surface area contributed by atoms with Crippen molar-refractivity contribution in [3.05, 3.63) is 29.8 Å². The van der Waals surface area contributed by atoms with Crippen molar-refractivity contribution in [1.29, 1.82) is 0 Å². The van der Waals surface area contributed by atoms with Crippen molar-refractivity contribution in [2.45, 2.75) is 31.8 Å². The lowest BCUT2D eigenvalue weighted by Crippen LogP contribution is -2.55. The molecule has 2 heterocycles. The molecule has 25 heavy (non-hydrogen) atoms. The molecular formula is C18H22N2O5. The van der Waals surface area contributed by atoms with Crippen molar-refractivity contribution in [2.75, 3.05) is 13.7 Å². The number of carbonyl (C=O) groups is 3. The highest BCUT2D eigenvalue weighted by atomic mass is 16.5. The van der Waals surface area contributed by atoms with Gasteiger partial charge in [0.05, 0.1) is 18.4 Å². The fraction of sp³-hybridized carbons (Fsp3) is 0.500. The highest BCUT2D eigenvalue weighted by Gasteiger charge is 2.67. The predicted octanol–water partition coefficient (Wildman–Crippen LogP) is 0.979. The van der Waals surface area contributed by atoms with Gasteiger partial charge in [-0.3, -0.25) is 24.6 Å². The van der Waals surface area contributed by atoms with Crippen LogP contribution in [0.5, 0.6) is 5.75 Å². The van der Waals surface area contributed by atoms with Crippen molar-refractivity contribution in [3.63, 3.8) is 0 Å². The normalized spacial score (nSPS) is 31.3. The van der Waals surface area contributed by atoms with Gasteiger partial charge in [-0.1, -0.05) is 19.1 Å². The van der Waals surface area contributed by atoms with Gasteiger partial charge < -0.3 is 9.84 Å². The second-order valence-corrected chi connectivity index (χ2v) is 6.50. The van der Waals surface area contributed by atoms with Gasteiger partial charge in [0.1, 0.15) is 11.3 Å². The molecule has 0 radical (unpaired) electrons. The number of fused-ring (bicyclic) bond motifs is 1. The molecule has 2 saturated heterocycles. The third kappa shape index (κ3) is 2.41. The van der Waals surface area contributed by atoms with E-state index in [-0.39, 0.29) is 24.2 Å². The van der Waals surface area contributed by atoms with Gasteiger partial charge in [-0.2, -0.15) is 0 Å². The number of hydrogen-bond acceptors (Lipinski definition) is 6. The summed E-state index contributed by atoms with van der Waals surface area (Å²) in [4.78, 5) is 39.3. The number of benzene rings is 1. The van der Waals surface area contributed by atoms with Crippen LogP contribution in [0.4, 0.5) is 0 Å². The number of imide groups is 1. The van der Waals surface area contributed by atoms with Crippen molar-refractivity contribution in [2.24, 2.45) is 11.8 Å². The maximum absolute atomic E-state index is 12.7. The van der Waals surface area contributed by atoms with E-state index in [4.69, 9.17) is 4.74 Å². The van der Waals surface area contributed by atoms with Crippen LogP contribution in [0.2, 0.25) is 0 Å². The molecule has 0 unspecified atom stereocenters. The zero-order valence-corrected chi connectivity index (χ0v) is 14.5. The Kier molecular flexibility index (Phi) is 4.28. The average Bonchev–Trinajstić information content (AvgIpc) is 3.06. The first kappa shape index (κ1) is 17.4. The summed E-state index contributed by atoms with van der Waals surface area (Å²) in [5.41, 5.74) is -0.496. The van der Waals surface area contributed by atoms with E-state index in [9.17, 15) is 19.5 Å². The molecule has 1 aromatic carbocycles. The molecule has 3 rings (SSSR count). The largest absolute Gasteiger partial charge is 0.508 e. The minimum atomic E-state index is -1.24. The van der Waals surface area contributed by atoms with E-state index in [1.54, 1.807) is 26.0 Å². The lowest BCUT2D eigenvalue weighted by molar-refractivity contribution is -0.156. The molecule has 0 aliphatic carbocycles. The number of likely N-dealkylation sites (tertiary alicyclic amines) is 1. The molecule has 2 fully saturated rings. The molecule has 2 aliphatic rings. The third-order valence-corrected chi connectivity index (χ3v) is 5.32. The summed E-state index contributed by atoms with van der Waals surface area (Å²) in [6.07, 6.45) is 0.328. The second-order valence-electron chi connectivity index (χ2n) is 6.50. The van der Waals surface area contributed by atoms with Crippen LogP contribution in [-0.4, -0.2) is 47.0 Å². The molecule has 0 bridgehead atoms. The number of nitrogens with zero attached hydrogens (tertiary/aromatic N) is 1. The number of aromatic hydroxyl groups is 1. The fourth-order valence-corrected chi connectivity index (χ4v) is 4.03. The van der Waals surface area contributed by atoms with Gasteiger partial charge in [0, 0.05) is 13.1 Å². The standard InChI is InChI=1S/C18H22N2O5/c1-4-18(17(24)25-5-2)13-12(15(22)20(3)16(13)23)14(19-18)10-6-8-11(21)9-7-10/h6-9,12-14,19,21H,4-5H2,1-3H3/t12-,13+,14-,18+/m0/s1. The summed E-state index contributed by atoms with van der Waals surface area (Å²) in [6, 6.07) is 5.92. The van der Waals surface area contributed by atoms with Crippen molar-refractivity contribution in [3.8, 4) is 5.75 Å². The van der Waals surface area contributed by atoms with Crippen LogP contribution in [-0.2, 0) is 19.1 Å². The Balaban J connectivity index is 2.10. The van der Waals surface area contributed by atoms with E-state index in [1.165, 1.54) is 19.2 Å². The van der Waals surface area contributed by atoms with E-state index in [0.29, 0.717) is 6.42 Å². The number of carbonyl (C=O) groups excluding carboxylic acids is 3. The quantitative estimate of drug-likeness (QED) is 0.623. The maximum atomic E-state index is 12.7. The first-order valence-corrected chi connectivity index (χ1v) is 8.42. The monoisotopic (exact) mass is 346 g/mol. The Hall–Kier alpha value is -2.41. The molecule has 2 N–H and O–H groups in total. The number of hydrogen-bond donors (Lipinski definition) is 2. The number of nitrogens with one attached hydrogen (secondary N) is 1. The minimum absolute atomic E-state index is 0.108. The summed E-state index contributed by atoms with van der Waals surface area (Å²) in [6.45, 7) is 3.71. The number of amides is 2. The summed E-state index contributed by atoms with van der Waals surface area (Å²) < 4.78 is 5.23. The van der Waals surface area contributed by atoms with Gasteiger partial charge in [0.2, 0.25) is 11.8 Å². The molecule has 1 aromatic rings. The zero-order valence-electron chi connectivity index (χ0n) is 14.5. The lowest BCUT2D eigenvalue weighted by atomic mass is 9.78. The smallest absolute Gasteiger partial charge is 0.327 e. The van der Waals surface area contributed by atoms with Crippen LogP contribution in [0, 0.1) is 11.8 Å². The topological polar surface area (TPSA) is 95.9 Å². The average molecular weight is 346 g/mol. The molecule has 0 aromatic heterocycles. The first-order valence-electron chi connectivity index (χ1n) is 8.42. The third-order valence-electron chi connectivity index (χ3n) is 5.32. The highest BCUT2D eigenvalue weighted by Crippen LogP contribution is 2.50. The lowest BCUT2D eigenvalue weighted by Gasteiger charge is -2.31.